The quantitative estimate of drug-likeness (QED) is 0.623. The number of hydrogen-bond donors (Lipinski definition) is 3. The van der Waals surface area contributed by atoms with Crippen molar-refractivity contribution in [2.24, 2.45) is 5.73 Å². The van der Waals surface area contributed by atoms with Crippen molar-refractivity contribution in [1.29, 1.82) is 0 Å². The van der Waals surface area contributed by atoms with Crippen LogP contribution in [0.2, 0.25) is 0 Å². The lowest BCUT2D eigenvalue weighted by atomic mass is 10.0. The van der Waals surface area contributed by atoms with E-state index in [0.29, 0.717) is 0 Å². The number of aliphatic hydroxyl groups excluding tert-OH is 1. The van der Waals surface area contributed by atoms with Crippen LogP contribution in [0, 0.1) is 0 Å². The zero-order valence-electron chi connectivity index (χ0n) is 7.46. The molecule has 1 aromatic rings. The molecule has 0 aromatic heterocycles. The number of fused-ring (bicyclic) bond motifs is 1. The maximum Gasteiger partial charge on any atom is 0.0912 e. The van der Waals surface area contributed by atoms with Crippen LogP contribution in [0.4, 0.5) is 5.69 Å². The van der Waals surface area contributed by atoms with Gasteiger partial charge in [0.1, 0.15) is 0 Å². The molecule has 0 saturated carbocycles. The molecule has 0 aliphatic carbocycles. The van der Waals surface area contributed by atoms with Crippen molar-refractivity contribution < 1.29 is 5.11 Å². The zero-order valence-corrected chi connectivity index (χ0v) is 7.46. The summed E-state index contributed by atoms with van der Waals surface area (Å²) in [5.41, 5.74) is 8.78. The van der Waals surface area contributed by atoms with Crippen LogP contribution in [0.1, 0.15) is 17.2 Å². The van der Waals surface area contributed by atoms with E-state index in [1.165, 1.54) is 11.3 Å². The number of nitrogens with one attached hydrogen (secondary N) is 1. The Morgan fingerprint density at radius 2 is 2.38 bits per heavy atom. The summed E-state index contributed by atoms with van der Waals surface area (Å²) in [7, 11) is 0. The number of aliphatic hydroxyl groups is 1. The molecule has 1 aliphatic heterocycles. The van der Waals surface area contributed by atoms with Gasteiger partial charge in [-0.1, -0.05) is 12.1 Å². The predicted molar refractivity (Wildman–Crippen MR) is 52.6 cm³/mol. The summed E-state index contributed by atoms with van der Waals surface area (Å²) in [4.78, 5) is 0. The second-order valence-corrected chi connectivity index (χ2v) is 3.34. The van der Waals surface area contributed by atoms with Gasteiger partial charge in [0, 0.05) is 18.8 Å². The highest BCUT2D eigenvalue weighted by Gasteiger charge is 2.12. The third-order valence-electron chi connectivity index (χ3n) is 2.45. The molecule has 3 nitrogen and oxygen atoms in total. The molecule has 1 atom stereocenters. The Bertz CT molecular complexity index is 312. The second-order valence-electron chi connectivity index (χ2n) is 3.34. The van der Waals surface area contributed by atoms with Crippen LogP contribution >= 0.6 is 0 Å². The molecule has 70 valence electrons. The van der Waals surface area contributed by atoms with Gasteiger partial charge in [0.25, 0.3) is 0 Å². The van der Waals surface area contributed by atoms with Gasteiger partial charge in [-0.25, -0.2) is 0 Å². The van der Waals surface area contributed by atoms with Gasteiger partial charge in [-0.3, -0.25) is 0 Å². The summed E-state index contributed by atoms with van der Waals surface area (Å²) in [6.07, 6.45) is 0.520. The lowest BCUT2D eigenvalue weighted by molar-refractivity contribution is 0.186. The maximum absolute atomic E-state index is 9.52. The molecule has 0 fully saturated rings. The highest BCUT2D eigenvalue weighted by Crippen LogP contribution is 2.25. The highest BCUT2D eigenvalue weighted by molar-refractivity contribution is 5.56. The number of hydrogen-bond acceptors (Lipinski definition) is 3. The minimum atomic E-state index is -0.522. The summed E-state index contributed by atoms with van der Waals surface area (Å²) in [5.74, 6) is 0. The molecule has 1 aromatic carbocycles. The maximum atomic E-state index is 9.52. The molecule has 4 N–H and O–H groups in total. The van der Waals surface area contributed by atoms with Gasteiger partial charge in [-0.15, -0.1) is 0 Å². The largest absolute Gasteiger partial charge is 0.387 e. The average Bonchev–Trinajstić information content (AvgIpc) is 2.63. The molecule has 3 heteroatoms. The van der Waals surface area contributed by atoms with Gasteiger partial charge in [0.05, 0.1) is 6.10 Å². The summed E-state index contributed by atoms with van der Waals surface area (Å²) in [5, 5.41) is 12.8. The van der Waals surface area contributed by atoms with E-state index in [-0.39, 0.29) is 6.54 Å². The molecular weight excluding hydrogens is 164 g/mol. The van der Waals surface area contributed by atoms with E-state index in [9.17, 15) is 5.11 Å². The fraction of sp³-hybridized carbons (Fsp3) is 0.400. The van der Waals surface area contributed by atoms with Gasteiger partial charge in [-0.2, -0.15) is 0 Å². The Labute approximate surface area is 77.6 Å². The molecule has 1 heterocycles. The molecule has 0 bridgehead atoms. The lowest BCUT2D eigenvalue weighted by Crippen LogP contribution is -2.11. The topological polar surface area (TPSA) is 58.3 Å². The van der Waals surface area contributed by atoms with Crippen molar-refractivity contribution in [1.82, 2.24) is 0 Å². The van der Waals surface area contributed by atoms with Crippen LogP contribution in [0.5, 0.6) is 0 Å². The molecule has 2 rings (SSSR count). The third kappa shape index (κ3) is 1.53. The Morgan fingerprint density at radius 1 is 1.54 bits per heavy atom. The Morgan fingerprint density at radius 3 is 3.15 bits per heavy atom. The van der Waals surface area contributed by atoms with Gasteiger partial charge in [0.2, 0.25) is 0 Å². The minimum absolute atomic E-state index is 0.284. The fourth-order valence-corrected chi connectivity index (χ4v) is 1.67. The van der Waals surface area contributed by atoms with E-state index in [2.05, 4.69) is 5.32 Å². The van der Waals surface area contributed by atoms with E-state index in [1.54, 1.807) is 0 Å². The molecule has 0 saturated heterocycles. The van der Waals surface area contributed by atoms with E-state index in [1.807, 2.05) is 18.2 Å². The van der Waals surface area contributed by atoms with Crippen LogP contribution in [0.15, 0.2) is 18.2 Å². The standard InChI is InChI=1S/C10H14N2O/c11-6-10(13)8-1-2-9-7(5-8)3-4-12-9/h1-2,5,10,12-13H,3-4,6,11H2. The number of nitrogens with two attached hydrogens (primary N) is 1. The molecule has 1 unspecified atom stereocenters. The van der Waals surface area contributed by atoms with Crippen molar-refractivity contribution in [3.05, 3.63) is 29.3 Å². The van der Waals surface area contributed by atoms with Crippen LogP contribution in [0.25, 0.3) is 0 Å². The molecule has 13 heavy (non-hydrogen) atoms. The van der Waals surface area contributed by atoms with Crippen molar-refractivity contribution in [3.63, 3.8) is 0 Å². The fourth-order valence-electron chi connectivity index (χ4n) is 1.67. The number of rotatable bonds is 2. The first kappa shape index (κ1) is 8.53. The van der Waals surface area contributed by atoms with Gasteiger partial charge >= 0.3 is 0 Å². The van der Waals surface area contributed by atoms with Crippen LogP contribution in [0.3, 0.4) is 0 Å². The molecule has 1 aliphatic rings. The Balaban J connectivity index is 2.30. The zero-order chi connectivity index (χ0) is 9.26. The van der Waals surface area contributed by atoms with Crippen molar-refractivity contribution in [2.45, 2.75) is 12.5 Å². The predicted octanol–water partition coefficient (Wildman–Crippen LogP) is 0.647. The van der Waals surface area contributed by atoms with Crippen LogP contribution < -0.4 is 11.1 Å². The average molecular weight is 178 g/mol. The highest BCUT2D eigenvalue weighted by atomic mass is 16.3. The number of anilines is 1. The Hall–Kier alpha value is -1.06. The molecule has 0 spiro atoms. The van der Waals surface area contributed by atoms with Crippen molar-refractivity contribution >= 4 is 5.69 Å². The molecule has 0 radical (unpaired) electrons. The van der Waals surface area contributed by atoms with E-state index in [0.717, 1.165) is 18.5 Å². The van der Waals surface area contributed by atoms with Crippen LogP contribution in [-0.2, 0) is 6.42 Å². The molecular formula is C10H14N2O. The lowest BCUT2D eigenvalue weighted by Gasteiger charge is -2.09. The monoisotopic (exact) mass is 178 g/mol. The minimum Gasteiger partial charge on any atom is -0.387 e. The summed E-state index contributed by atoms with van der Waals surface area (Å²) < 4.78 is 0. The van der Waals surface area contributed by atoms with E-state index in [4.69, 9.17) is 5.73 Å². The first-order valence-electron chi connectivity index (χ1n) is 4.56. The smallest absolute Gasteiger partial charge is 0.0912 e. The Kier molecular flexibility index (Phi) is 2.20. The van der Waals surface area contributed by atoms with Gasteiger partial charge in [0.15, 0.2) is 0 Å². The van der Waals surface area contributed by atoms with Gasteiger partial charge in [-0.05, 0) is 23.6 Å². The summed E-state index contributed by atoms with van der Waals surface area (Å²) in [6, 6.07) is 5.97. The number of benzene rings is 1. The van der Waals surface area contributed by atoms with Crippen LogP contribution in [-0.4, -0.2) is 18.2 Å². The SMILES string of the molecule is NCC(O)c1ccc2c(c1)CCN2. The first-order valence-corrected chi connectivity index (χ1v) is 4.56. The second kappa shape index (κ2) is 3.36. The normalized spacial score (nSPS) is 16.5. The van der Waals surface area contributed by atoms with Crippen molar-refractivity contribution in [3.8, 4) is 0 Å². The van der Waals surface area contributed by atoms with Gasteiger partial charge < -0.3 is 16.2 Å². The molecule has 0 amide bonds. The summed E-state index contributed by atoms with van der Waals surface area (Å²) in [6.45, 7) is 1.28. The third-order valence-corrected chi connectivity index (χ3v) is 2.45. The van der Waals surface area contributed by atoms with E-state index < -0.39 is 6.10 Å². The van der Waals surface area contributed by atoms with E-state index >= 15 is 0 Å². The summed E-state index contributed by atoms with van der Waals surface area (Å²) >= 11 is 0. The first-order chi connectivity index (χ1) is 6.31. The van der Waals surface area contributed by atoms with Crippen molar-refractivity contribution in [2.75, 3.05) is 18.4 Å².